The van der Waals surface area contributed by atoms with Crippen LogP contribution in [0.2, 0.25) is 5.02 Å². The molecule has 0 saturated heterocycles. The van der Waals surface area contributed by atoms with Crippen molar-refractivity contribution < 1.29 is 0 Å². The van der Waals surface area contributed by atoms with Crippen molar-refractivity contribution in [1.29, 1.82) is 5.26 Å². The van der Waals surface area contributed by atoms with Crippen molar-refractivity contribution in [3.05, 3.63) is 63.0 Å². The van der Waals surface area contributed by atoms with E-state index in [4.69, 9.17) is 16.9 Å². The van der Waals surface area contributed by atoms with Gasteiger partial charge in [-0.15, -0.1) is 0 Å². The number of pyridine rings is 1. The first-order chi connectivity index (χ1) is 8.11. The van der Waals surface area contributed by atoms with Crippen LogP contribution in [0, 0.1) is 18.3 Å². The van der Waals surface area contributed by atoms with Gasteiger partial charge in [0.2, 0.25) is 0 Å². The Morgan fingerprint density at radius 1 is 1.35 bits per heavy atom. The Bertz CT molecular complexity index is 668. The highest BCUT2D eigenvalue weighted by molar-refractivity contribution is 6.30. The van der Waals surface area contributed by atoms with E-state index in [1.807, 2.05) is 25.1 Å². The highest BCUT2D eigenvalue weighted by Gasteiger charge is 2.05. The van der Waals surface area contributed by atoms with E-state index in [9.17, 15) is 4.79 Å². The minimum atomic E-state index is -0.261. The Labute approximate surface area is 104 Å². The Hall–Kier alpha value is -2.05. The van der Waals surface area contributed by atoms with E-state index in [-0.39, 0.29) is 11.0 Å². The van der Waals surface area contributed by atoms with Gasteiger partial charge in [-0.1, -0.05) is 17.7 Å². The van der Waals surface area contributed by atoms with Crippen LogP contribution < -0.4 is 5.43 Å². The molecule has 0 amide bonds. The number of rotatable bonds is 1. The summed E-state index contributed by atoms with van der Waals surface area (Å²) in [6.45, 7) is 1.81. The van der Waals surface area contributed by atoms with Gasteiger partial charge in [0.05, 0.1) is 0 Å². The molecular formula is C13H9ClN2O. The zero-order valence-corrected chi connectivity index (χ0v) is 9.90. The number of hydrogen-bond donors (Lipinski definition) is 0. The summed E-state index contributed by atoms with van der Waals surface area (Å²) in [6.07, 6.45) is 1.53. The molecule has 0 aliphatic rings. The molecule has 3 nitrogen and oxygen atoms in total. The summed E-state index contributed by atoms with van der Waals surface area (Å²) >= 11 is 5.91. The lowest BCUT2D eigenvalue weighted by Crippen LogP contribution is -2.11. The number of benzene rings is 1. The lowest BCUT2D eigenvalue weighted by atomic mass is 10.2. The Morgan fingerprint density at radius 3 is 2.76 bits per heavy atom. The first-order valence-corrected chi connectivity index (χ1v) is 5.39. The molecule has 0 N–H and O–H groups in total. The van der Waals surface area contributed by atoms with Crippen molar-refractivity contribution in [3.63, 3.8) is 0 Å². The normalized spacial score (nSPS) is 9.94. The second-order valence-corrected chi connectivity index (χ2v) is 4.09. The van der Waals surface area contributed by atoms with Crippen LogP contribution in [0.4, 0.5) is 0 Å². The van der Waals surface area contributed by atoms with Crippen LogP contribution in [-0.4, -0.2) is 4.57 Å². The van der Waals surface area contributed by atoms with Gasteiger partial charge in [0.25, 0.3) is 0 Å². The van der Waals surface area contributed by atoms with E-state index in [1.165, 1.54) is 12.3 Å². The summed E-state index contributed by atoms with van der Waals surface area (Å²) in [7, 11) is 0. The summed E-state index contributed by atoms with van der Waals surface area (Å²) in [5.41, 5.74) is 1.45. The summed E-state index contributed by atoms with van der Waals surface area (Å²) < 4.78 is 1.77. The molecular weight excluding hydrogens is 236 g/mol. The largest absolute Gasteiger partial charge is 0.320 e. The third-order valence-electron chi connectivity index (χ3n) is 2.45. The molecule has 0 radical (unpaired) electrons. The number of hydrogen-bond acceptors (Lipinski definition) is 2. The molecule has 2 aromatic rings. The van der Waals surface area contributed by atoms with Crippen LogP contribution in [0.3, 0.4) is 0 Å². The van der Waals surface area contributed by atoms with E-state index in [2.05, 4.69) is 0 Å². The van der Waals surface area contributed by atoms with Crippen molar-refractivity contribution in [2.24, 2.45) is 0 Å². The summed E-state index contributed by atoms with van der Waals surface area (Å²) in [5, 5.41) is 9.46. The van der Waals surface area contributed by atoms with Crippen molar-refractivity contribution in [2.75, 3.05) is 0 Å². The van der Waals surface area contributed by atoms with E-state index in [1.54, 1.807) is 16.7 Å². The lowest BCUT2D eigenvalue weighted by molar-refractivity contribution is 0.968. The predicted octanol–water partition coefficient (Wildman–Crippen LogP) is 2.67. The van der Waals surface area contributed by atoms with E-state index in [0.717, 1.165) is 11.4 Å². The first-order valence-electron chi connectivity index (χ1n) is 5.01. The van der Waals surface area contributed by atoms with Crippen LogP contribution >= 0.6 is 11.6 Å². The smallest absolute Gasteiger partial charge is 0.199 e. The Balaban J connectivity index is 2.68. The second kappa shape index (κ2) is 4.44. The van der Waals surface area contributed by atoms with Crippen LogP contribution in [0.15, 0.2) is 41.3 Å². The average Bonchev–Trinajstić information content (AvgIpc) is 2.29. The fraction of sp³-hybridized carbons (Fsp3) is 0.0769. The van der Waals surface area contributed by atoms with Gasteiger partial charge in [0, 0.05) is 28.7 Å². The molecule has 1 aromatic carbocycles. The van der Waals surface area contributed by atoms with Gasteiger partial charge in [-0.2, -0.15) is 5.26 Å². The monoisotopic (exact) mass is 244 g/mol. The van der Waals surface area contributed by atoms with Gasteiger partial charge in [-0.25, -0.2) is 0 Å². The number of halogens is 1. The summed E-state index contributed by atoms with van der Waals surface area (Å²) in [4.78, 5) is 11.5. The van der Waals surface area contributed by atoms with Crippen LogP contribution in [0.25, 0.3) is 5.69 Å². The molecule has 0 bridgehead atoms. The van der Waals surface area contributed by atoms with E-state index >= 15 is 0 Å². The molecule has 0 atom stereocenters. The highest BCUT2D eigenvalue weighted by Crippen LogP contribution is 2.16. The molecule has 0 unspecified atom stereocenters. The van der Waals surface area contributed by atoms with Gasteiger partial charge in [0.15, 0.2) is 5.43 Å². The fourth-order valence-electron chi connectivity index (χ4n) is 1.62. The second-order valence-electron chi connectivity index (χ2n) is 3.65. The summed E-state index contributed by atoms with van der Waals surface area (Å²) in [5.74, 6) is 0. The third-order valence-corrected chi connectivity index (χ3v) is 2.69. The molecule has 0 spiro atoms. The molecule has 84 valence electrons. The lowest BCUT2D eigenvalue weighted by Gasteiger charge is -2.10. The van der Waals surface area contributed by atoms with Crippen molar-refractivity contribution in [3.8, 4) is 11.8 Å². The maximum absolute atomic E-state index is 11.5. The van der Waals surface area contributed by atoms with Crippen LogP contribution in [0.1, 0.15) is 11.3 Å². The minimum Gasteiger partial charge on any atom is -0.320 e. The van der Waals surface area contributed by atoms with Crippen LogP contribution in [-0.2, 0) is 0 Å². The SMILES string of the molecule is Cc1cc(=O)c(C#N)cn1-c1cccc(Cl)c1. The Morgan fingerprint density at radius 2 is 2.12 bits per heavy atom. The van der Waals surface area contributed by atoms with Gasteiger partial charge < -0.3 is 4.57 Å². The fourth-order valence-corrected chi connectivity index (χ4v) is 1.80. The molecule has 0 aliphatic heterocycles. The minimum absolute atomic E-state index is 0.121. The molecule has 1 heterocycles. The maximum atomic E-state index is 11.5. The zero-order valence-electron chi connectivity index (χ0n) is 9.14. The van der Waals surface area contributed by atoms with Crippen molar-refractivity contribution in [2.45, 2.75) is 6.92 Å². The third kappa shape index (κ3) is 2.22. The molecule has 0 fully saturated rings. The molecule has 17 heavy (non-hydrogen) atoms. The standard InChI is InChI=1S/C13H9ClN2O/c1-9-5-13(17)10(7-15)8-16(9)12-4-2-3-11(14)6-12/h2-6,8H,1H3. The molecule has 4 heteroatoms. The van der Waals surface area contributed by atoms with E-state index in [0.29, 0.717) is 5.02 Å². The van der Waals surface area contributed by atoms with E-state index < -0.39 is 0 Å². The zero-order chi connectivity index (χ0) is 12.4. The molecule has 0 saturated carbocycles. The van der Waals surface area contributed by atoms with Gasteiger partial charge >= 0.3 is 0 Å². The van der Waals surface area contributed by atoms with Gasteiger partial charge in [-0.3, -0.25) is 4.79 Å². The van der Waals surface area contributed by atoms with Crippen LogP contribution in [0.5, 0.6) is 0 Å². The summed E-state index contributed by atoms with van der Waals surface area (Å²) in [6, 6.07) is 10.6. The number of nitrogens with zero attached hydrogens (tertiary/aromatic N) is 2. The van der Waals surface area contributed by atoms with Crippen molar-refractivity contribution in [1.82, 2.24) is 4.57 Å². The number of aryl methyl sites for hydroxylation is 1. The van der Waals surface area contributed by atoms with Crippen molar-refractivity contribution >= 4 is 11.6 Å². The molecule has 2 rings (SSSR count). The quantitative estimate of drug-likeness (QED) is 0.774. The molecule has 1 aromatic heterocycles. The maximum Gasteiger partial charge on any atom is 0.199 e. The number of nitriles is 1. The van der Waals surface area contributed by atoms with Gasteiger partial charge in [-0.05, 0) is 25.1 Å². The van der Waals surface area contributed by atoms with Gasteiger partial charge in [0.1, 0.15) is 11.6 Å². The topological polar surface area (TPSA) is 45.8 Å². The molecule has 0 aliphatic carbocycles. The Kier molecular flexibility index (Phi) is 2.99. The number of aromatic nitrogens is 1. The predicted molar refractivity (Wildman–Crippen MR) is 66.5 cm³/mol. The highest BCUT2D eigenvalue weighted by atomic mass is 35.5. The average molecular weight is 245 g/mol. The first kappa shape index (κ1) is 11.4.